The Morgan fingerprint density at radius 2 is 2.04 bits per heavy atom. The molecule has 132 valence electrons. The Bertz CT molecular complexity index is 499. The maximum atomic E-state index is 12.3. The van der Waals surface area contributed by atoms with E-state index in [0.29, 0.717) is 24.4 Å². The van der Waals surface area contributed by atoms with Crippen molar-refractivity contribution in [2.45, 2.75) is 70.5 Å². The van der Waals surface area contributed by atoms with Crippen molar-refractivity contribution in [1.82, 2.24) is 15.6 Å². The van der Waals surface area contributed by atoms with Gasteiger partial charge in [-0.2, -0.15) is 0 Å². The zero-order valence-electron chi connectivity index (χ0n) is 13.7. The van der Waals surface area contributed by atoms with E-state index in [1.165, 1.54) is 12.8 Å². The molecule has 0 radical (unpaired) electrons. The Hall–Kier alpha value is -0.360. The molecule has 3 atom stereocenters. The number of aryl methyl sites for hydroxylation is 1. The van der Waals surface area contributed by atoms with Crippen molar-refractivity contribution in [3.8, 4) is 0 Å². The molecule has 2 aliphatic heterocycles. The molecule has 0 aliphatic carbocycles. The molecule has 23 heavy (non-hydrogen) atoms. The summed E-state index contributed by atoms with van der Waals surface area (Å²) in [5, 5.41) is 9.90. The molecule has 2 aliphatic rings. The van der Waals surface area contributed by atoms with Gasteiger partial charge in [0.25, 0.3) is 0 Å². The molecule has 2 N–H and O–H groups in total. The normalized spacial score (nSPS) is 26.8. The largest absolute Gasteiger partial charge is 0.347 e. The number of aromatic nitrogens is 1. The minimum absolute atomic E-state index is 0. The summed E-state index contributed by atoms with van der Waals surface area (Å²) < 4.78 is 0. The van der Waals surface area contributed by atoms with Crippen LogP contribution in [0.3, 0.4) is 0 Å². The monoisotopic (exact) mass is 379 g/mol. The quantitative estimate of drug-likeness (QED) is 0.817. The number of rotatable bonds is 5. The van der Waals surface area contributed by atoms with E-state index in [1.807, 2.05) is 6.92 Å². The first-order valence-corrected chi connectivity index (χ1v) is 8.99. The lowest BCUT2D eigenvalue weighted by atomic mass is 9.89. The number of amides is 1. The Labute approximate surface area is 155 Å². The Morgan fingerprint density at radius 3 is 2.57 bits per heavy atom. The maximum absolute atomic E-state index is 12.3. The summed E-state index contributed by atoms with van der Waals surface area (Å²) in [5.74, 6) is 0.750. The van der Waals surface area contributed by atoms with Gasteiger partial charge in [0, 0.05) is 29.6 Å². The van der Waals surface area contributed by atoms with Crippen LogP contribution in [0.25, 0.3) is 0 Å². The number of thiazole rings is 1. The molecule has 1 aromatic heterocycles. The van der Waals surface area contributed by atoms with Gasteiger partial charge in [-0.05, 0) is 44.9 Å². The second kappa shape index (κ2) is 9.21. The lowest BCUT2D eigenvalue weighted by Gasteiger charge is -2.29. The summed E-state index contributed by atoms with van der Waals surface area (Å²) in [4.78, 5) is 16.8. The fourth-order valence-electron chi connectivity index (χ4n) is 3.73. The zero-order chi connectivity index (χ0) is 14.8. The second-order valence-corrected chi connectivity index (χ2v) is 7.42. The number of hydrogen-bond acceptors (Lipinski definition) is 4. The molecule has 0 spiro atoms. The number of halogens is 2. The standard InChI is InChI=1S/C16H25N3OS.2ClH/c1-3-14(16-17-10(2)9-21-16)19-15(20)8-11-6-12-4-5-13(7-11)18-12;;/h9,11-14,18H,3-8H2,1-2H3,(H,19,20);2*1H. The second-order valence-electron chi connectivity index (χ2n) is 6.53. The van der Waals surface area contributed by atoms with Gasteiger partial charge in [0.15, 0.2) is 0 Å². The highest BCUT2D eigenvalue weighted by Gasteiger charge is 2.34. The van der Waals surface area contributed by atoms with E-state index in [0.717, 1.165) is 30.0 Å². The van der Waals surface area contributed by atoms with Gasteiger partial charge in [-0.1, -0.05) is 6.92 Å². The number of hydrogen-bond donors (Lipinski definition) is 2. The summed E-state index contributed by atoms with van der Waals surface area (Å²) in [6.07, 6.45) is 6.48. The van der Waals surface area contributed by atoms with E-state index >= 15 is 0 Å². The van der Waals surface area contributed by atoms with Gasteiger partial charge < -0.3 is 10.6 Å². The molecule has 2 fully saturated rings. The highest BCUT2D eigenvalue weighted by molar-refractivity contribution is 7.09. The van der Waals surface area contributed by atoms with Crippen LogP contribution >= 0.6 is 36.2 Å². The van der Waals surface area contributed by atoms with E-state index in [1.54, 1.807) is 11.3 Å². The number of piperidine rings is 1. The molecular weight excluding hydrogens is 353 g/mol. The van der Waals surface area contributed by atoms with Gasteiger partial charge >= 0.3 is 0 Å². The summed E-state index contributed by atoms with van der Waals surface area (Å²) in [5.41, 5.74) is 1.04. The average molecular weight is 380 g/mol. The lowest BCUT2D eigenvalue weighted by molar-refractivity contribution is -0.123. The third-order valence-corrected chi connectivity index (χ3v) is 5.80. The molecule has 3 heterocycles. The van der Waals surface area contributed by atoms with E-state index in [9.17, 15) is 4.79 Å². The molecule has 4 nitrogen and oxygen atoms in total. The van der Waals surface area contributed by atoms with Gasteiger partial charge in [-0.15, -0.1) is 36.2 Å². The predicted octanol–water partition coefficient (Wildman–Crippen LogP) is 3.78. The number of fused-ring (bicyclic) bond motifs is 2. The fraction of sp³-hybridized carbons (Fsp3) is 0.750. The summed E-state index contributed by atoms with van der Waals surface area (Å²) in [7, 11) is 0. The first-order chi connectivity index (χ1) is 10.1. The topological polar surface area (TPSA) is 54.0 Å². The van der Waals surface area contributed by atoms with Crippen molar-refractivity contribution >= 4 is 42.1 Å². The third-order valence-electron chi connectivity index (χ3n) is 4.72. The minimum atomic E-state index is 0. The van der Waals surface area contributed by atoms with Crippen molar-refractivity contribution < 1.29 is 4.79 Å². The van der Waals surface area contributed by atoms with Crippen molar-refractivity contribution in [2.24, 2.45) is 5.92 Å². The Balaban J connectivity index is 0.00000132. The van der Waals surface area contributed by atoms with Crippen LogP contribution in [-0.2, 0) is 4.79 Å². The van der Waals surface area contributed by atoms with E-state index < -0.39 is 0 Å². The molecule has 1 aromatic rings. The molecule has 3 unspecified atom stereocenters. The summed E-state index contributed by atoms with van der Waals surface area (Å²) in [6.45, 7) is 4.10. The first kappa shape index (κ1) is 20.7. The van der Waals surface area contributed by atoms with E-state index in [4.69, 9.17) is 0 Å². The Morgan fingerprint density at radius 1 is 1.39 bits per heavy atom. The molecule has 7 heteroatoms. The van der Waals surface area contributed by atoms with Crippen molar-refractivity contribution in [3.05, 3.63) is 16.1 Å². The highest BCUT2D eigenvalue weighted by atomic mass is 35.5. The van der Waals surface area contributed by atoms with Crippen molar-refractivity contribution in [3.63, 3.8) is 0 Å². The Kier molecular flexibility index (Phi) is 8.28. The smallest absolute Gasteiger partial charge is 0.220 e. The SMILES string of the molecule is CCC(NC(=O)CC1CC2CCC(C1)N2)c1nc(C)cs1.Cl.Cl. The van der Waals surface area contributed by atoms with Crippen LogP contribution < -0.4 is 10.6 Å². The molecule has 1 amide bonds. The zero-order valence-corrected chi connectivity index (χ0v) is 16.2. The number of nitrogens with one attached hydrogen (secondary N) is 2. The van der Waals surface area contributed by atoms with Crippen LogP contribution in [0.15, 0.2) is 5.38 Å². The minimum Gasteiger partial charge on any atom is -0.347 e. The average Bonchev–Trinajstić information content (AvgIpc) is 3.02. The molecule has 3 rings (SSSR count). The van der Waals surface area contributed by atoms with Gasteiger partial charge in [-0.25, -0.2) is 4.98 Å². The molecule has 0 saturated carbocycles. The van der Waals surface area contributed by atoms with Crippen molar-refractivity contribution in [2.75, 3.05) is 0 Å². The summed E-state index contributed by atoms with van der Waals surface area (Å²) in [6, 6.07) is 1.39. The molecule has 2 bridgehead atoms. The van der Waals surface area contributed by atoms with E-state index in [-0.39, 0.29) is 36.8 Å². The molecular formula is C16H27Cl2N3OS. The van der Waals surface area contributed by atoms with Gasteiger partial charge in [0.1, 0.15) is 5.01 Å². The number of carbonyl (C=O) groups is 1. The van der Waals surface area contributed by atoms with Crippen LogP contribution in [0, 0.1) is 12.8 Å². The van der Waals surface area contributed by atoms with Gasteiger partial charge in [0.05, 0.1) is 6.04 Å². The molecule has 2 saturated heterocycles. The van der Waals surface area contributed by atoms with Crippen LogP contribution in [0.1, 0.15) is 62.2 Å². The molecule has 0 aromatic carbocycles. The van der Waals surface area contributed by atoms with Crippen LogP contribution in [-0.4, -0.2) is 23.0 Å². The van der Waals surface area contributed by atoms with Crippen LogP contribution in [0.2, 0.25) is 0 Å². The van der Waals surface area contributed by atoms with Crippen LogP contribution in [0.5, 0.6) is 0 Å². The lowest BCUT2D eigenvalue weighted by Crippen LogP contribution is -2.40. The predicted molar refractivity (Wildman–Crippen MR) is 99.8 cm³/mol. The summed E-state index contributed by atoms with van der Waals surface area (Å²) >= 11 is 1.65. The first-order valence-electron chi connectivity index (χ1n) is 8.11. The maximum Gasteiger partial charge on any atom is 0.220 e. The number of nitrogens with zero attached hydrogens (tertiary/aromatic N) is 1. The third kappa shape index (κ3) is 5.31. The van der Waals surface area contributed by atoms with Gasteiger partial charge in [0.2, 0.25) is 5.91 Å². The highest BCUT2D eigenvalue weighted by Crippen LogP contribution is 2.32. The van der Waals surface area contributed by atoms with Crippen LogP contribution in [0.4, 0.5) is 0 Å². The van der Waals surface area contributed by atoms with Gasteiger partial charge in [-0.3, -0.25) is 4.79 Å². The van der Waals surface area contributed by atoms with E-state index in [2.05, 4.69) is 27.9 Å². The number of carbonyl (C=O) groups excluding carboxylic acids is 1. The fourth-order valence-corrected chi connectivity index (χ4v) is 4.66. The van der Waals surface area contributed by atoms with Crippen molar-refractivity contribution in [1.29, 1.82) is 0 Å².